The first kappa shape index (κ1) is 9.28. The van der Waals surface area contributed by atoms with Gasteiger partial charge >= 0.3 is 0 Å². The van der Waals surface area contributed by atoms with Crippen LogP contribution in [0.2, 0.25) is 0 Å². The molecule has 0 spiro atoms. The van der Waals surface area contributed by atoms with Crippen molar-refractivity contribution in [1.29, 1.82) is 0 Å². The number of hydrogen-bond donors (Lipinski definition) is 2. The zero-order chi connectivity index (χ0) is 9.30. The molecule has 0 aliphatic carbocycles. The van der Waals surface area contributed by atoms with Gasteiger partial charge in [0.15, 0.2) is 0 Å². The van der Waals surface area contributed by atoms with Crippen molar-refractivity contribution in [3.63, 3.8) is 0 Å². The van der Waals surface area contributed by atoms with Gasteiger partial charge in [-0.25, -0.2) is 0 Å². The quantitative estimate of drug-likeness (QED) is 0.495. The number of nitrogens with two attached hydrogens (primary N) is 1. The van der Waals surface area contributed by atoms with E-state index in [-0.39, 0.29) is 0 Å². The maximum atomic E-state index is 9.38. The van der Waals surface area contributed by atoms with Crippen molar-refractivity contribution in [3.05, 3.63) is 15.4 Å². The zero-order valence-electron chi connectivity index (χ0n) is 7.40. The molecule has 0 saturated carbocycles. The van der Waals surface area contributed by atoms with Gasteiger partial charge in [-0.05, 0) is 20.8 Å². The van der Waals surface area contributed by atoms with E-state index in [0.29, 0.717) is 4.80 Å². The highest BCUT2D eigenvalue weighted by molar-refractivity contribution is 7.09. The molecule has 3 N–H and O–H groups in total. The predicted molar refractivity (Wildman–Crippen MR) is 48.5 cm³/mol. The molecule has 0 bridgehead atoms. The summed E-state index contributed by atoms with van der Waals surface area (Å²) >= 11 is 1.48. The van der Waals surface area contributed by atoms with Crippen LogP contribution in [0.25, 0.3) is 0 Å². The molecular weight excluding hydrogens is 174 g/mol. The Bertz CT molecular complexity index is 337. The van der Waals surface area contributed by atoms with E-state index in [9.17, 15) is 5.11 Å². The van der Waals surface area contributed by atoms with E-state index in [0.717, 1.165) is 10.6 Å². The number of aliphatic hydroxyl groups excluding tert-OH is 1. The number of nitrogens with zero attached hydrogens (tertiary/aromatic N) is 2. The summed E-state index contributed by atoms with van der Waals surface area (Å²) in [4.78, 5) is 1.78. The Labute approximate surface area is 75.0 Å². The van der Waals surface area contributed by atoms with Gasteiger partial charge < -0.3 is 10.9 Å². The highest BCUT2D eigenvalue weighted by Gasteiger charge is 2.09. The van der Waals surface area contributed by atoms with E-state index in [1.807, 2.05) is 13.8 Å². The third-order valence-electron chi connectivity index (χ3n) is 1.81. The summed E-state index contributed by atoms with van der Waals surface area (Å²) in [5, 5.41) is 13.0. The van der Waals surface area contributed by atoms with Gasteiger partial charge in [0, 0.05) is 10.6 Å². The summed E-state index contributed by atoms with van der Waals surface area (Å²) in [5.74, 6) is 5.17. The van der Waals surface area contributed by atoms with Crippen LogP contribution in [-0.2, 0) is 0 Å². The van der Waals surface area contributed by atoms with Crippen molar-refractivity contribution in [2.24, 2.45) is 10.9 Å². The van der Waals surface area contributed by atoms with Gasteiger partial charge in [-0.1, -0.05) is 0 Å². The molecule has 1 rings (SSSR count). The standard InChI is InChI=1S/C7H13N3OS/c1-4-5(2)12-7(9-8)10(4)6(3)11/h6,11H,8H2,1-3H3/b9-7-. The molecule has 0 aromatic carbocycles. The van der Waals surface area contributed by atoms with E-state index >= 15 is 0 Å². The van der Waals surface area contributed by atoms with Gasteiger partial charge in [0.25, 0.3) is 0 Å². The van der Waals surface area contributed by atoms with Crippen LogP contribution in [0.15, 0.2) is 5.10 Å². The molecule has 5 heteroatoms. The molecule has 0 aliphatic rings. The number of aryl methyl sites for hydroxylation is 1. The van der Waals surface area contributed by atoms with E-state index in [2.05, 4.69) is 5.10 Å². The molecule has 68 valence electrons. The van der Waals surface area contributed by atoms with E-state index in [4.69, 9.17) is 5.84 Å². The molecule has 1 heterocycles. The topological polar surface area (TPSA) is 63.5 Å². The Morgan fingerprint density at radius 3 is 2.50 bits per heavy atom. The van der Waals surface area contributed by atoms with Gasteiger partial charge in [-0.3, -0.25) is 4.57 Å². The lowest BCUT2D eigenvalue weighted by atomic mass is 10.4. The maximum Gasteiger partial charge on any atom is 0.210 e. The van der Waals surface area contributed by atoms with Crippen molar-refractivity contribution in [3.8, 4) is 0 Å². The molecule has 4 nitrogen and oxygen atoms in total. The molecule has 0 aliphatic heterocycles. The van der Waals surface area contributed by atoms with Crippen LogP contribution < -0.4 is 10.6 Å². The molecule has 0 radical (unpaired) electrons. The molecule has 0 amide bonds. The van der Waals surface area contributed by atoms with Crippen LogP contribution in [0.1, 0.15) is 23.7 Å². The van der Waals surface area contributed by atoms with Crippen LogP contribution >= 0.6 is 11.3 Å². The molecule has 12 heavy (non-hydrogen) atoms. The van der Waals surface area contributed by atoms with Gasteiger partial charge in [-0.15, -0.1) is 11.3 Å². The number of hydrogen-bond acceptors (Lipinski definition) is 4. The number of aromatic nitrogens is 1. The van der Waals surface area contributed by atoms with Crippen molar-refractivity contribution in [2.45, 2.75) is 27.0 Å². The van der Waals surface area contributed by atoms with Crippen LogP contribution in [0.3, 0.4) is 0 Å². The van der Waals surface area contributed by atoms with E-state index < -0.39 is 6.23 Å². The molecular formula is C7H13N3OS. The van der Waals surface area contributed by atoms with E-state index in [1.165, 1.54) is 11.3 Å². The van der Waals surface area contributed by atoms with Crippen molar-refractivity contribution >= 4 is 11.3 Å². The first-order valence-electron chi connectivity index (χ1n) is 3.68. The lowest BCUT2D eigenvalue weighted by Crippen LogP contribution is -2.21. The Hall–Kier alpha value is -0.810. The van der Waals surface area contributed by atoms with Crippen LogP contribution in [-0.4, -0.2) is 9.67 Å². The van der Waals surface area contributed by atoms with Crippen molar-refractivity contribution in [2.75, 3.05) is 0 Å². The number of thiazole rings is 1. The molecule has 0 fully saturated rings. The second-order valence-electron chi connectivity index (χ2n) is 2.66. The normalized spacial score (nSPS) is 15.2. The summed E-state index contributed by atoms with van der Waals surface area (Å²) in [7, 11) is 0. The average molecular weight is 187 g/mol. The first-order chi connectivity index (χ1) is 5.57. The Morgan fingerprint density at radius 2 is 2.17 bits per heavy atom. The summed E-state index contributed by atoms with van der Waals surface area (Å²) in [5.41, 5.74) is 1.01. The molecule has 1 atom stereocenters. The average Bonchev–Trinajstić information content (AvgIpc) is 2.28. The third-order valence-corrected chi connectivity index (χ3v) is 2.89. The molecule has 1 aromatic rings. The second-order valence-corrected chi connectivity index (χ2v) is 3.84. The number of rotatable bonds is 1. The third kappa shape index (κ3) is 1.37. The summed E-state index contributed by atoms with van der Waals surface area (Å²) in [6, 6.07) is 0. The lowest BCUT2D eigenvalue weighted by Gasteiger charge is -2.08. The minimum absolute atomic E-state index is 0.572. The minimum atomic E-state index is -0.572. The highest BCUT2D eigenvalue weighted by atomic mass is 32.1. The number of aliphatic hydroxyl groups is 1. The highest BCUT2D eigenvalue weighted by Crippen LogP contribution is 2.12. The van der Waals surface area contributed by atoms with Crippen LogP contribution in [0, 0.1) is 13.8 Å². The minimum Gasteiger partial charge on any atom is -0.373 e. The molecule has 0 saturated heterocycles. The fourth-order valence-corrected chi connectivity index (χ4v) is 2.06. The van der Waals surface area contributed by atoms with Crippen molar-refractivity contribution < 1.29 is 5.11 Å². The Kier molecular flexibility index (Phi) is 2.54. The van der Waals surface area contributed by atoms with Gasteiger partial charge in [-0.2, -0.15) is 5.10 Å². The SMILES string of the molecule is Cc1s/c(=N\N)n(C(C)O)c1C. The zero-order valence-corrected chi connectivity index (χ0v) is 8.22. The first-order valence-corrected chi connectivity index (χ1v) is 4.50. The fraction of sp³-hybridized carbons (Fsp3) is 0.571. The maximum absolute atomic E-state index is 9.38. The molecule has 1 aromatic heterocycles. The van der Waals surface area contributed by atoms with E-state index in [1.54, 1.807) is 11.5 Å². The van der Waals surface area contributed by atoms with Gasteiger partial charge in [0.2, 0.25) is 4.80 Å². The summed E-state index contributed by atoms with van der Waals surface area (Å²) in [6.07, 6.45) is -0.572. The van der Waals surface area contributed by atoms with Gasteiger partial charge in [0.05, 0.1) is 0 Å². The smallest absolute Gasteiger partial charge is 0.210 e. The Morgan fingerprint density at radius 1 is 1.58 bits per heavy atom. The largest absolute Gasteiger partial charge is 0.373 e. The second kappa shape index (κ2) is 3.28. The predicted octanol–water partition coefficient (Wildman–Crippen LogP) is 0.452. The fourth-order valence-electron chi connectivity index (χ4n) is 1.10. The van der Waals surface area contributed by atoms with Crippen LogP contribution in [0.5, 0.6) is 0 Å². The summed E-state index contributed by atoms with van der Waals surface area (Å²) < 4.78 is 1.71. The summed E-state index contributed by atoms with van der Waals surface area (Å²) in [6.45, 7) is 5.61. The van der Waals surface area contributed by atoms with Crippen molar-refractivity contribution in [1.82, 2.24) is 4.57 Å². The van der Waals surface area contributed by atoms with Gasteiger partial charge in [0.1, 0.15) is 6.23 Å². The van der Waals surface area contributed by atoms with Crippen LogP contribution in [0.4, 0.5) is 0 Å². The molecule has 1 unspecified atom stereocenters. The lowest BCUT2D eigenvalue weighted by molar-refractivity contribution is 0.119. The Balaban J connectivity index is 3.42. The monoisotopic (exact) mass is 187 g/mol.